The first kappa shape index (κ1) is 13.7. The van der Waals surface area contributed by atoms with E-state index in [1.54, 1.807) is 19.2 Å². The maximum Gasteiger partial charge on any atom is 0.312 e. The molecule has 0 saturated heterocycles. The van der Waals surface area contributed by atoms with Gasteiger partial charge in [-0.1, -0.05) is 22.5 Å². The fraction of sp³-hybridized carbons (Fsp3) is 0.273. The van der Waals surface area contributed by atoms with Crippen LogP contribution >= 0.6 is 15.9 Å². The quantitative estimate of drug-likeness (QED) is 0.498. The zero-order valence-electron chi connectivity index (χ0n) is 9.40. The van der Waals surface area contributed by atoms with Crippen molar-refractivity contribution in [3.8, 4) is 5.75 Å². The molecule has 0 unspecified atom stereocenters. The molecule has 0 atom stereocenters. The lowest BCUT2D eigenvalue weighted by atomic mass is 10.3. The van der Waals surface area contributed by atoms with Gasteiger partial charge in [0.2, 0.25) is 0 Å². The van der Waals surface area contributed by atoms with Crippen LogP contribution in [0.2, 0.25) is 0 Å². The Labute approximate surface area is 108 Å². The van der Waals surface area contributed by atoms with Crippen molar-refractivity contribution in [3.05, 3.63) is 44.9 Å². The van der Waals surface area contributed by atoms with Gasteiger partial charge < -0.3 is 10.1 Å². The van der Waals surface area contributed by atoms with E-state index in [0.29, 0.717) is 11.0 Å². The Morgan fingerprint density at radius 1 is 1.65 bits per heavy atom. The van der Waals surface area contributed by atoms with Gasteiger partial charge in [0.25, 0.3) is 0 Å². The maximum absolute atomic E-state index is 10.8. The monoisotopic (exact) mass is 300 g/mol. The van der Waals surface area contributed by atoms with Crippen LogP contribution in [0.1, 0.15) is 0 Å². The molecule has 1 N–H and O–H groups in total. The van der Waals surface area contributed by atoms with Crippen molar-refractivity contribution in [1.82, 2.24) is 5.32 Å². The smallest absolute Gasteiger partial charge is 0.312 e. The van der Waals surface area contributed by atoms with Crippen molar-refractivity contribution in [2.24, 2.45) is 0 Å². The molecule has 0 spiro atoms. The van der Waals surface area contributed by atoms with Crippen molar-refractivity contribution >= 4 is 21.6 Å². The average molecular weight is 301 g/mol. The molecule has 0 fully saturated rings. The second kappa shape index (κ2) is 6.36. The number of ether oxygens (including phenoxy) is 1. The van der Waals surface area contributed by atoms with Crippen molar-refractivity contribution < 1.29 is 9.66 Å². The van der Waals surface area contributed by atoms with Gasteiger partial charge in [0.15, 0.2) is 5.75 Å². The molecule has 0 heterocycles. The molecule has 92 valence electrons. The summed E-state index contributed by atoms with van der Waals surface area (Å²) in [6.07, 6.45) is 0. The molecule has 0 aromatic heterocycles. The average Bonchev–Trinajstić information content (AvgIpc) is 2.27. The van der Waals surface area contributed by atoms with E-state index in [4.69, 9.17) is 4.74 Å². The topological polar surface area (TPSA) is 64.4 Å². The van der Waals surface area contributed by atoms with E-state index in [1.165, 1.54) is 6.07 Å². The molecule has 0 amide bonds. The molecule has 1 aromatic rings. The summed E-state index contributed by atoms with van der Waals surface area (Å²) in [5.41, 5.74) is 0.765. The first-order valence-corrected chi connectivity index (χ1v) is 5.72. The first-order chi connectivity index (χ1) is 8.04. The zero-order chi connectivity index (χ0) is 12.8. The van der Waals surface area contributed by atoms with E-state index in [-0.39, 0.29) is 18.0 Å². The Kier molecular flexibility index (Phi) is 5.11. The number of likely N-dealkylation sites (N-methyl/N-ethyl adjacent to an activating group) is 1. The Morgan fingerprint density at radius 2 is 2.35 bits per heavy atom. The van der Waals surface area contributed by atoms with Gasteiger partial charge in [-0.3, -0.25) is 10.1 Å². The van der Waals surface area contributed by atoms with Gasteiger partial charge in [0.05, 0.1) is 4.92 Å². The summed E-state index contributed by atoms with van der Waals surface area (Å²) < 4.78 is 6.01. The predicted molar refractivity (Wildman–Crippen MR) is 69.4 cm³/mol. The van der Waals surface area contributed by atoms with E-state index in [1.807, 2.05) is 0 Å². The SMILES string of the molecule is C=C(CNC)COc1ccc(Br)cc1[N+](=O)[O-]. The molecule has 1 rings (SSSR count). The number of hydrogen-bond acceptors (Lipinski definition) is 4. The normalized spacial score (nSPS) is 10.0. The summed E-state index contributed by atoms with van der Waals surface area (Å²) in [6.45, 7) is 4.65. The van der Waals surface area contributed by atoms with Crippen LogP contribution in [0.4, 0.5) is 5.69 Å². The van der Waals surface area contributed by atoms with E-state index in [2.05, 4.69) is 27.8 Å². The minimum Gasteiger partial charge on any atom is -0.482 e. The minimum absolute atomic E-state index is 0.0587. The summed E-state index contributed by atoms with van der Waals surface area (Å²) in [4.78, 5) is 10.3. The number of nitrogens with zero attached hydrogens (tertiary/aromatic N) is 1. The van der Waals surface area contributed by atoms with Crippen molar-refractivity contribution in [2.75, 3.05) is 20.2 Å². The molecule has 0 radical (unpaired) electrons. The number of halogens is 1. The summed E-state index contributed by atoms with van der Waals surface area (Å²) in [5.74, 6) is 0.246. The van der Waals surface area contributed by atoms with E-state index in [9.17, 15) is 10.1 Å². The van der Waals surface area contributed by atoms with Crippen LogP contribution < -0.4 is 10.1 Å². The van der Waals surface area contributed by atoms with Crippen LogP contribution in [0.5, 0.6) is 5.75 Å². The largest absolute Gasteiger partial charge is 0.482 e. The molecule has 0 saturated carbocycles. The van der Waals surface area contributed by atoms with E-state index in [0.717, 1.165) is 5.57 Å². The number of nitro groups is 1. The molecule has 17 heavy (non-hydrogen) atoms. The van der Waals surface area contributed by atoms with Gasteiger partial charge in [-0.25, -0.2) is 0 Å². The summed E-state index contributed by atoms with van der Waals surface area (Å²) in [5, 5.41) is 13.7. The molecular formula is C11H13BrN2O3. The highest BCUT2D eigenvalue weighted by atomic mass is 79.9. The third-order valence-corrected chi connectivity index (χ3v) is 2.47. The number of hydrogen-bond donors (Lipinski definition) is 1. The maximum atomic E-state index is 10.8. The standard InChI is InChI=1S/C11H13BrN2O3/c1-8(6-13-2)7-17-11-4-3-9(12)5-10(11)14(15)16/h3-5,13H,1,6-7H2,2H3. The Hall–Kier alpha value is -1.40. The number of nitro benzene ring substituents is 1. The summed E-state index contributed by atoms with van der Waals surface area (Å²) >= 11 is 3.18. The van der Waals surface area contributed by atoms with E-state index >= 15 is 0 Å². The molecule has 0 aliphatic carbocycles. The molecule has 6 heteroatoms. The lowest BCUT2D eigenvalue weighted by Crippen LogP contribution is -2.14. The Bertz CT molecular complexity index is 435. The number of benzene rings is 1. The second-order valence-electron chi connectivity index (χ2n) is 3.44. The fourth-order valence-corrected chi connectivity index (χ4v) is 1.59. The summed E-state index contributed by atoms with van der Waals surface area (Å²) in [6, 6.07) is 4.67. The second-order valence-corrected chi connectivity index (χ2v) is 4.35. The van der Waals surface area contributed by atoms with Gasteiger partial charge in [-0.2, -0.15) is 0 Å². The van der Waals surface area contributed by atoms with Crippen LogP contribution in [0.15, 0.2) is 34.8 Å². The van der Waals surface area contributed by atoms with Crippen molar-refractivity contribution in [2.45, 2.75) is 0 Å². The van der Waals surface area contributed by atoms with Gasteiger partial charge in [0.1, 0.15) is 6.61 Å². The van der Waals surface area contributed by atoms with Crippen LogP contribution in [0.25, 0.3) is 0 Å². The molecular weight excluding hydrogens is 288 g/mol. The summed E-state index contributed by atoms with van der Waals surface area (Å²) in [7, 11) is 1.80. The Balaban J connectivity index is 2.77. The molecule has 0 aliphatic rings. The van der Waals surface area contributed by atoms with Gasteiger partial charge >= 0.3 is 5.69 Å². The van der Waals surface area contributed by atoms with Gasteiger partial charge in [-0.05, 0) is 24.8 Å². The third kappa shape index (κ3) is 4.16. The Morgan fingerprint density at radius 3 is 2.94 bits per heavy atom. The number of rotatable bonds is 6. The first-order valence-electron chi connectivity index (χ1n) is 4.92. The van der Waals surface area contributed by atoms with Crippen LogP contribution in [-0.2, 0) is 0 Å². The van der Waals surface area contributed by atoms with Crippen molar-refractivity contribution in [1.29, 1.82) is 0 Å². The van der Waals surface area contributed by atoms with Gasteiger partial charge in [0, 0.05) is 17.1 Å². The third-order valence-electron chi connectivity index (χ3n) is 1.98. The zero-order valence-corrected chi connectivity index (χ0v) is 11.0. The minimum atomic E-state index is -0.471. The highest BCUT2D eigenvalue weighted by molar-refractivity contribution is 9.10. The molecule has 5 nitrogen and oxygen atoms in total. The van der Waals surface area contributed by atoms with Crippen LogP contribution in [-0.4, -0.2) is 25.1 Å². The van der Waals surface area contributed by atoms with Crippen LogP contribution in [0.3, 0.4) is 0 Å². The number of nitrogens with one attached hydrogen (secondary N) is 1. The predicted octanol–water partition coefficient (Wildman–Crippen LogP) is 2.51. The lowest BCUT2D eigenvalue weighted by molar-refractivity contribution is -0.385. The van der Waals surface area contributed by atoms with E-state index < -0.39 is 4.92 Å². The van der Waals surface area contributed by atoms with Crippen molar-refractivity contribution in [3.63, 3.8) is 0 Å². The fourth-order valence-electron chi connectivity index (χ4n) is 1.24. The van der Waals surface area contributed by atoms with Crippen LogP contribution in [0, 0.1) is 10.1 Å². The highest BCUT2D eigenvalue weighted by Gasteiger charge is 2.15. The molecule has 0 bridgehead atoms. The van der Waals surface area contributed by atoms with Gasteiger partial charge in [-0.15, -0.1) is 0 Å². The molecule has 1 aromatic carbocycles. The lowest BCUT2D eigenvalue weighted by Gasteiger charge is -2.08. The molecule has 0 aliphatic heterocycles. The highest BCUT2D eigenvalue weighted by Crippen LogP contribution is 2.30.